The normalized spacial score (nSPS) is 17.5. The number of rotatable bonds is 5. The molecule has 1 fully saturated rings. The third kappa shape index (κ3) is 3.32. The molecule has 6 heteroatoms. The van der Waals surface area contributed by atoms with E-state index in [9.17, 15) is 0 Å². The molecule has 4 rings (SSSR count). The first-order valence-corrected chi connectivity index (χ1v) is 8.87. The smallest absolute Gasteiger partial charge is 0.241 e. The van der Waals surface area contributed by atoms with Gasteiger partial charge in [0.2, 0.25) is 11.7 Å². The summed E-state index contributed by atoms with van der Waals surface area (Å²) >= 11 is 0. The Morgan fingerprint density at radius 2 is 2.19 bits per heavy atom. The van der Waals surface area contributed by atoms with Gasteiger partial charge in [0.25, 0.3) is 0 Å². The van der Waals surface area contributed by atoms with Crippen LogP contribution in [-0.4, -0.2) is 33.7 Å². The van der Waals surface area contributed by atoms with Crippen molar-refractivity contribution < 1.29 is 9.26 Å². The molecule has 3 aromatic rings. The van der Waals surface area contributed by atoms with E-state index in [4.69, 9.17) is 9.26 Å². The Balaban J connectivity index is 1.52. The van der Waals surface area contributed by atoms with Crippen LogP contribution in [0.2, 0.25) is 0 Å². The first kappa shape index (κ1) is 16.7. The van der Waals surface area contributed by atoms with Gasteiger partial charge in [0.15, 0.2) is 0 Å². The fourth-order valence-electron chi connectivity index (χ4n) is 3.49. The standard InChI is InChI=1S/C20H22N4O2/c1-14-8-9-15(12-18(14)25-2)20-22-19(26-23-20)13-24-11-5-7-17(24)16-6-3-4-10-21-16/h3-4,6,8-10,12,17H,5,7,11,13H2,1-2H3. The van der Waals surface area contributed by atoms with Crippen LogP contribution in [0, 0.1) is 6.92 Å². The molecular weight excluding hydrogens is 328 g/mol. The molecule has 1 saturated heterocycles. The number of ether oxygens (including phenoxy) is 1. The maximum absolute atomic E-state index is 5.50. The van der Waals surface area contributed by atoms with Crippen LogP contribution in [0.15, 0.2) is 47.1 Å². The Hall–Kier alpha value is -2.73. The Morgan fingerprint density at radius 3 is 3.00 bits per heavy atom. The molecule has 26 heavy (non-hydrogen) atoms. The maximum atomic E-state index is 5.50. The second kappa shape index (κ2) is 7.25. The topological polar surface area (TPSA) is 64.3 Å². The van der Waals surface area contributed by atoms with Gasteiger partial charge < -0.3 is 9.26 Å². The minimum Gasteiger partial charge on any atom is -0.496 e. The van der Waals surface area contributed by atoms with Crippen LogP contribution in [0.5, 0.6) is 5.75 Å². The monoisotopic (exact) mass is 350 g/mol. The summed E-state index contributed by atoms with van der Waals surface area (Å²) in [6, 6.07) is 12.3. The molecule has 3 heterocycles. The fraction of sp³-hybridized carbons (Fsp3) is 0.350. The predicted octanol–water partition coefficient (Wildman–Crippen LogP) is 3.79. The average molecular weight is 350 g/mol. The summed E-state index contributed by atoms with van der Waals surface area (Å²) in [5.41, 5.74) is 3.08. The van der Waals surface area contributed by atoms with Crippen LogP contribution in [0.1, 0.15) is 36.0 Å². The largest absolute Gasteiger partial charge is 0.496 e. The van der Waals surface area contributed by atoms with Crippen LogP contribution < -0.4 is 4.74 Å². The summed E-state index contributed by atoms with van der Waals surface area (Å²) in [5.74, 6) is 2.04. The lowest BCUT2D eigenvalue weighted by molar-refractivity contribution is 0.209. The molecule has 134 valence electrons. The van der Waals surface area contributed by atoms with Crippen LogP contribution in [0.4, 0.5) is 0 Å². The minimum absolute atomic E-state index is 0.311. The van der Waals surface area contributed by atoms with Crippen molar-refractivity contribution in [2.75, 3.05) is 13.7 Å². The number of nitrogens with zero attached hydrogens (tertiary/aromatic N) is 4. The van der Waals surface area contributed by atoms with E-state index in [0.717, 1.165) is 42.0 Å². The molecule has 2 aromatic heterocycles. The van der Waals surface area contributed by atoms with Crippen molar-refractivity contribution in [3.63, 3.8) is 0 Å². The van der Waals surface area contributed by atoms with Crippen LogP contribution in [-0.2, 0) is 6.54 Å². The minimum atomic E-state index is 0.311. The summed E-state index contributed by atoms with van der Waals surface area (Å²) in [6.45, 7) is 3.66. The molecule has 1 atom stereocenters. The summed E-state index contributed by atoms with van der Waals surface area (Å²) in [6.07, 6.45) is 4.10. The molecule has 0 spiro atoms. The molecular formula is C20H22N4O2. The Kier molecular flexibility index (Phi) is 4.67. The number of hydrogen-bond donors (Lipinski definition) is 0. The number of aromatic nitrogens is 3. The molecule has 1 aromatic carbocycles. The highest BCUT2D eigenvalue weighted by Crippen LogP contribution is 2.32. The Bertz CT molecular complexity index is 879. The van der Waals surface area contributed by atoms with E-state index in [0.29, 0.717) is 24.3 Å². The maximum Gasteiger partial charge on any atom is 0.241 e. The quantitative estimate of drug-likeness (QED) is 0.698. The van der Waals surface area contributed by atoms with E-state index in [1.165, 1.54) is 0 Å². The van der Waals surface area contributed by atoms with Crippen LogP contribution in [0.25, 0.3) is 11.4 Å². The molecule has 6 nitrogen and oxygen atoms in total. The first-order chi connectivity index (χ1) is 12.7. The Labute approximate surface area is 152 Å². The second-order valence-corrected chi connectivity index (χ2v) is 6.58. The summed E-state index contributed by atoms with van der Waals surface area (Å²) < 4.78 is 10.9. The molecule has 0 N–H and O–H groups in total. The van der Waals surface area contributed by atoms with Gasteiger partial charge >= 0.3 is 0 Å². The molecule has 0 bridgehead atoms. The number of hydrogen-bond acceptors (Lipinski definition) is 6. The zero-order valence-corrected chi connectivity index (χ0v) is 15.1. The molecule has 0 saturated carbocycles. The van der Waals surface area contributed by atoms with Crippen molar-refractivity contribution in [1.82, 2.24) is 20.0 Å². The Morgan fingerprint density at radius 1 is 1.27 bits per heavy atom. The summed E-state index contributed by atoms with van der Waals surface area (Å²) in [5, 5.41) is 4.15. The van der Waals surface area contributed by atoms with Crippen molar-refractivity contribution in [3.05, 3.63) is 59.7 Å². The molecule has 1 aliphatic rings. The van der Waals surface area contributed by atoms with Gasteiger partial charge in [-0.15, -0.1) is 0 Å². The van der Waals surface area contributed by atoms with Gasteiger partial charge in [0, 0.05) is 11.8 Å². The van der Waals surface area contributed by atoms with E-state index in [-0.39, 0.29) is 0 Å². The molecule has 0 radical (unpaired) electrons. The van der Waals surface area contributed by atoms with Crippen molar-refractivity contribution in [1.29, 1.82) is 0 Å². The van der Waals surface area contributed by atoms with E-state index < -0.39 is 0 Å². The van der Waals surface area contributed by atoms with Crippen LogP contribution in [0.3, 0.4) is 0 Å². The lowest BCUT2D eigenvalue weighted by atomic mass is 10.1. The molecule has 1 aliphatic heterocycles. The average Bonchev–Trinajstić information content (AvgIpc) is 3.33. The van der Waals surface area contributed by atoms with Crippen LogP contribution >= 0.6 is 0 Å². The van der Waals surface area contributed by atoms with Gasteiger partial charge in [0.1, 0.15) is 5.75 Å². The molecule has 0 amide bonds. The van der Waals surface area contributed by atoms with E-state index in [1.54, 1.807) is 7.11 Å². The lowest BCUT2D eigenvalue weighted by Gasteiger charge is -2.21. The lowest BCUT2D eigenvalue weighted by Crippen LogP contribution is -2.23. The third-order valence-electron chi connectivity index (χ3n) is 4.87. The van der Waals surface area contributed by atoms with Crippen molar-refractivity contribution in [2.24, 2.45) is 0 Å². The van der Waals surface area contributed by atoms with E-state index in [2.05, 4.69) is 26.1 Å². The van der Waals surface area contributed by atoms with E-state index >= 15 is 0 Å². The molecule has 1 unspecified atom stereocenters. The third-order valence-corrected chi connectivity index (χ3v) is 4.87. The molecule has 0 aliphatic carbocycles. The summed E-state index contributed by atoms with van der Waals surface area (Å²) in [7, 11) is 1.67. The number of methoxy groups -OCH3 is 1. The second-order valence-electron chi connectivity index (χ2n) is 6.58. The zero-order valence-electron chi connectivity index (χ0n) is 15.1. The van der Waals surface area contributed by atoms with Crippen molar-refractivity contribution in [3.8, 4) is 17.1 Å². The van der Waals surface area contributed by atoms with E-state index in [1.807, 2.05) is 43.5 Å². The fourth-order valence-corrected chi connectivity index (χ4v) is 3.49. The van der Waals surface area contributed by atoms with Gasteiger partial charge in [0.05, 0.1) is 25.4 Å². The zero-order chi connectivity index (χ0) is 17.9. The van der Waals surface area contributed by atoms with Gasteiger partial charge in [-0.05, 0) is 50.1 Å². The van der Waals surface area contributed by atoms with Crippen molar-refractivity contribution in [2.45, 2.75) is 32.4 Å². The SMILES string of the molecule is COc1cc(-c2noc(CN3CCCC3c3ccccn3)n2)ccc1C. The van der Waals surface area contributed by atoms with Gasteiger partial charge in [-0.1, -0.05) is 23.4 Å². The number of pyridine rings is 1. The number of aryl methyl sites for hydroxylation is 1. The number of likely N-dealkylation sites (tertiary alicyclic amines) is 1. The highest BCUT2D eigenvalue weighted by molar-refractivity contribution is 5.58. The van der Waals surface area contributed by atoms with Gasteiger partial charge in [-0.3, -0.25) is 9.88 Å². The van der Waals surface area contributed by atoms with Gasteiger partial charge in [-0.25, -0.2) is 0 Å². The first-order valence-electron chi connectivity index (χ1n) is 8.87. The predicted molar refractivity (Wildman–Crippen MR) is 97.6 cm³/mol. The van der Waals surface area contributed by atoms with Gasteiger partial charge in [-0.2, -0.15) is 4.98 Å². The van der Waals surface area contributed by atoms with Crippen molar-refractivity contribution >= 4 is 0 Å². The highest BCUT2D eigenvalue weighted by atomic mass is 16.5. The number of benzene rings is 1. The summed E-state index contributed by atoms with van der Waals surface area (Å²) in [4.78, 5) is 11.4. The highest BCUT2D eigenvalue weighted by Gasteiger charge is 2.28.